The third-order valence-electron chi connectivity index (χ3n) is 6.19. The molecule has 0 saturated carbocycles. The molecule has 1 aromatic heterocycles. The highest BCUT2D eigenvalue weighted by molar-refractivity contribution is 5.77. The summed E-state index contributed by atoms with van der Waals surface area (Å²) in [7, 11) is 4.01. The topological polar surface area (TPSA) is 86.0 Å². The molecule has 174 valence electrons. The van der Waals surface area contributed by atoms with E-state index < -0.39 is 10.8 Å². The molecule has 1 amide bonds. The Morgan fingerprint density at radius 2 is 1.91 bits per heavy atom. The number of rotatable bonds is 9. The molecule has 0 aliphatic carbocycles. The van der Waals surface area contributed by atoms with E-state index in [2.05, 4.69) is 27.2 Å². The Balaban J connectivity index is 1.76. The monoisotopic (exact) mass is 441 g/mol. The summed E-state index contributed by atoms with van der Waals surface area (Å²) < 4.78 is 5.89. The predicted octanol–water partition coefficient (Wildman–Crippen LogP) is 2.65. The average Bonchev–Trinajstić information content (AvgIpc) is 2.76. The van der Waals surface area contributed by atoms with Crippen molar-refractivity contribution < 1.29 is 14.3 Å². The zero-order chi connectivity index (χ0) is 23.1. The highest BCUT2D eigenvalue weighted by Gasteiger charge is 2.43. The number of carbonyl (C=O) groups excluding carboxylic acids is 1. The van der Waals surface area contributed by atoms with Crippen molar-refractivity contribution in [3.8, 4) is 5.75 Å². The lowest BCUT2D eigenvalue weighted by Gasteiger charge is -2.41. The molecule has 1 saturated heterocycles. The summed E-state index contributed by atoms with van der Waals surface area (Å²) in [5.74, 6) is 0.252. The maximum Gasteiger partial charge on any atom is 0.227 e. The summed E-state index contributed by atoms with van der Waals surface area (Å²) in [5, 5.41) is 13.6. The van der Waals surface area contributed by atoms with E-state index in [9.17, 15) is 14.7 Å². The van der Waals surface area contributed by atoms with Gasteiger partial charge in [-0.3, -0.25) is 14.5 Å². The van der Waals surface area contributed by atoms with Crippen molar-refractivity contribution in [1.82, 2.24) is 15.1 Å². The summed E-state index contributed by atoms with van der Waals surface area (Å²) in [6.07, 6.45) is 2.31. The molecule has 0 bridgehead atoms. The number of piperidine rings is 1. The Hall–Kier alpha value is -2.64. The first-order valence-electron chi connectivity index (χ1n) is 11.3. The maximum absolute atomic E-state index is 12.8. The second-order valence-electron chi connectivity index (χ2n) is 9.12. The van der Waals surface area contributed by atoms with Gasteiger partial charge in [-0.05, 0) is 65.5 Å². The SMILES string of the molecule is Cc1cc(=O)c(O)c(C2(CC(=O)NCCCN(C)C)CCN(Cc3ccccc3)CC2)o1. The number of nitrogens with one attached hydrogen (secondary N) is 1. The Kier molecular flexibility index (Phi) is 8.10. The number of carbonyl (C=O) groups is 1. The number of amides is 1. The molecular formula is C25H35N3O4. The number of likely N-dealkylation sites (tertiary alicyclic amines) is 1. The summed E-state index contributed by atoms with van der Waals surface area (Å²) in [6.45, 7) is 5.52. The van der Waals surface area contributed by atoms with Crippen molar-refractivity contribution in [2.75, 3.05) is 40.3 Å². The van der Waals surface area contributed by atoms with Crippen LogP contribution in [-0.4, -0.2) is 61.1 Å². The van der Waals surface area contributed by atoms with Crippen LogP contribution in [0.25, 0.3) is 0 Å². The number of nitrogens with zero attached hydrogens (tertiary/aromatic N) is 2. The van der Waals surface area contributed by atoms with Crippen LogP contribution in [0.2, 0.25) is 0 Å². The first-order chi connectivity index (χ1) is 15.3. The van der Waals surface area contributed by atoms with Gasteiger partial charge in [-0.25, -0.2) is 0 Å². The summed E-state index contributed by atoms with van der Waals surface area (Å²) >= 11 is 0. The fourth-order valence-electron chi connectivity index (χ4n) is 4.42. The number of benzene rings is 1. The van der Waals surface area contributed by atoms with Crippen LogP contribution in [0.4, 0.5) is 0 Å². The van der Waals surface area contributed by atoms with Crippen LogP contribution in [0, 0.1) is 6.92 Å². The second kappa shape index (κ2) is 10.8. The number of hydrogen-bond donors (Lipinski definition) is 2. The van der Waals surface area contributed by atoms with E-state index in [1.54, 1.807) is 6.92 Å². The van der Waals surface area contributed by atoms with E-state index in [-0.39, 0.29) is 23.8 Å². The van der Waals surface area contributed by atoms with Crippen molar-refractivity contribution in [1.29, 1.82) is 0 Å². The van der Waals surface area contributed by atoms with Crippen molar-refractivity contribution >= 4 is 5.91 Å². The van der Waals surface area contributed by atoms with Gasteiger partial charge in [-0.1, -0.05) is 30.3 Å². The van der Waals surface area contributed by atoms with E-state index in [1.165, 1.54) is 11.6 Å². The van der Waals surface area contributed by atoms with E-state index in [0.29, 0.717) is 25.1 Å². The molecule has 1 aliphatic heterocycles. The molecule has 7 nitrogen and oxygen atoms in total. The molecule has 2 heterocycles. The average molecular weight is 442 g/mol. The Bertz CT molecular complexity index is 947. The van der Waals surface area contributed by atoms with Crippen molar-refractivity contribution in [3.05, 3.63) is 63.7 Å². The van der Waals surface area contributed by atoms with E-state index in [4.69, 9.17) is 4.42 Å². The minimum atomic E-state index is -0.700. The van der Waals surface area contributed by atoms with Gasteiger partial charge in [0.25, 0.3) is 0 Å². The van der Waals surface area contributed by atoms with Crippen molar-refractivity contribution in [3.63, 3.8) is 0 Å². The van der Waals surface area contributed by atoms with Crippen LogP contribution in [0.15, 0.2) is 45.6 Å². The molecule has 0 spiro atoms. The molecule has 32 heavy (non-hydrogen) atoms. The molecule has 0 atom stereocenters. The van der Waals surface area contributed by atoms with E-state index in [0.717, 1.165) is 32.6 Å². The molecule has 1 aromatic carbocycles. The standard InChI is InChI=1S/C25H35N3O4/c1-19-16-21(29)23(31)24(32-19)25(17-22(30)26-12-7-13-27(2)3)10-14-28(15-11-25)18-20-8-5-4-6-9-20/h4-6,8-9,16,31H,7,10-15,17-18H2,1-3H3,(H,26,30). The number of aryl methyl sites for hydroxylation is 1. The quantitative estimate of drug-likeness (QED) is 0.582. The fraction of sp³-hybridized carbons (Fsp3) is 0.520. The smallest absolute Gasteiger partial charge is 0.227 e. The highest BCUT2D eigenvalue weighted by Crippen LogP contribution is 2.42. The lowest BCUT2D eigenvalue weighted by molar-refractivity contribution is -0.123. The van der Waals surface area contributed by atoms with Crippen LogP contribution in [0.1, 0.15) is 42.8 Å². The normalized spacial score (nSPS) is 16.2. The van der Waals surface area contributed by atoms with Gasteiger partial charge < -0.3 is 19.7 Å². The van der Waals surface area contributed by atoms with Crippen LogP contribution in [0.3, 0.4) is 0 Å². The summed E-state index contributed by atoms with van der Waals surface area (Å²) in [6, 6.07) is 11.6. The van der Waals surface area contributed by atoms with Crippen molar-refractivity contribution in [2.45, 2.75) is 44.6 Å². The van der Waals surface area contributed by atoms with Gasteiger partial charge in [0.15, 0.2) is 5.76 Å². The predicted molar refractivity (Wildman–Crippen MR) is 125 cm³/mol. The molecular weight excluding hydrogens is 406 g/mol. The Labute approximate surface area is 190 Å². The van der Waals surface area contributed by atoms with Gasteiger partial charge in [0.2, 0.25) is 17.1 Å². The van der Waals surface area contributed by atoms with Crippen LogP contribution >= 0.6 is 0 Å². The summed E-state index contributed by atoms with van der Waals surface area (Å²) in [5.41, 5.74) is 0.0819. The van der Waals surface area contributed by atoms with Crippen LogP contribution in [0.5, 0.6) is 5.75 Å². The molecule has 2 N–H and O–H groups in total. The third-order valence-corrected chi connectivity index (χ3v) is 6.19. The van der Waals surface area contributed by atoms with Gasteiger partial charge in [0, 0.05) is 31.0 Å². The number of hydrogen-bond acceptors (Lipinski definition) is 6. The van der Waals surface area contributed by atoms with Crippen LogP contribution in [-0.2, 0) is 16.8 Å². The first kappa shape index (κ1) is 24.0. The molecule has 0 radical (unpaired) electrons. The molecule has 7 heteroatoms. The van der Waals surface area contributed by atoms with Gasteiger partial charge in [0.05, 0.1) is 0 Å². The Morgan fingerprint density at radius 3 is 2.56 bits per heavy atom. The minimum Gasteiger partial charge on any atom is -0.502 e. The fourth-order valence-corrected chi connectivity index (χ4v) is 4.42. The second-order valence-corrected chi connectivity index (χ2v) is 9.12. The lowest BCUT2D eigenvalue weighted by atomic mass is 9.72. The van der Waals surface area contributed by atoms with Gasteiger partial charge in [-0.15, -0.1) is 0 Å². The molecule has 0 unspecified atom stereocenters. The molecule has 1 aliphatic rings. The van der Waals surface area contributed by atoms with Gasteiger partial charge in [-0.2, -0.15) is 0 Å². The zero-order valence-electron chi connectivity index (χ0n) is 19.4. The minimum absolute atomic E-state index is 0.0798. The Morgan fingerprint density at radius 1 is 1.22 bits per heavy atom. The molecule has 3 rings (SSSR count). The van der Waals surface area contributed by atoms with Crippen molar-refractivity contribution in [2.24, 2.45) is 0 Å². The third kappa shape index (κ3) is 6.20. The summed E-state index contributed by atoms with van der Waals surface area (Å²) in [4.78, 5) is 29.6. The van der Waals surface area contributed by atoms with Gasteiger partial charge in [0.1, 0.15) is 5.76 Å². The largest absolute Gasteiger partial charge is 0.502 e. The van der Waals surface area contributed by atoms with E-state index in [1.807, 2.05) is 32.3 Å². The van der Waals surface area contributed by atoms with E-state index >= 15 is 0 Å². The molecule has 2 aromatic rings. The van der Waals surface area contributed by atoms with Crippen LogP contribution < -0.4 is 10.7 Å². The number of aromatic hydroxyl groups is 1. The molecule has 1 fully saturated rings. The zero-order valence-corrected chi connectivity index (χ0v) is 19.4. The first-order valence-corrected chi connectivity index (χ1v) is 11.3. The maximum atomic E-state index is 12.8. The van der Waals surface area contributed by atoms with Gasteiger partial charge >= 0.3 is 0 Å². The highest BCUT2D eigenvalue weighted by atomic mass is 16.4. The lowest BCUT2D eigenvalue weighted by Crippen LogP contribution is -2.45.